The molecule has 9 heteroatoms. The van der Waals surface area contributed by atoms with Gasteiger partial charge in [0.25, 0.3) is 0 Å². The van der Waals surface area contributed by atoms with E-state index in [-0.39, 0.29) is 0 Å². The Bertz CT molecular complexity index is 292. The molecule has 0 amide bonds. The van der Waals surface area contributed by atoms with Crippen LogP contribution in [-0.4, -0.2) is 20.8 Å². The standard InChI is InChI=1S/C6H14O7P2/c7-14(8,9)13-15(10,11)12-6-4-2-1-3-5-6/h6H,1-5H2,(H,10,11)(H2,7,8,9). The Morgan fingerprint density at radius 2 is 1.53 bits per heavy atom. The Morgan fingerprint density at radius 3 is 2.00 bits per heavy atom. The molecule has 0 heterocycles. The quantitative estimate of drug-likeness (QED) is 0.657. The van der Waals surface area contributed by atoms with Crippen molar-refractivity contribution in [3.05, 3.63) is 0 Å². The van der Waals surface area contributed by atoms with Crippen LogP contribution in [0.2, 0.25) is 0 Å². The van der Waals surface area contributed by atoms with E-state index >= 15 is 0 Å². The smallest absolute Gasteiger partial charge is 0.302 e. The minimum absolute atomic E-state index is 0.457. The predicted octanol–water partition coefficient (Wildman–Crippen LogP) is 1.55. The summed E-state index contributed by atoms with van der Waals surface area (Å²) in [6, 6.07) is 0. The van der Waals surface area contributed by atoms with E-state index in [1.165, 1.54) is 0 Å². The van der Waals surface area contributed by atoms with Gasteiger partial charge in [-0.15, -0.1) is 0 Å². The van der Waals surface area contributed by atoms with Gasteiger partial charge in [0.2, 0.25) is 0 Å². The third kappa shape index (κ3) is 5.78. The molecule has 3 N–H and O–H groups in total. The molecule has 0 saturated heterocycles. The van der Waals surface area contributed by atoms with E-state index in [1.54, 1.807) is 0 Å². The van der Waals surface area contributed by atoms with Crippen molar-refractivity contribution in [2.45, 2.75) is 38.2 Å². The van der Waals surface area contributed by atoms with Crippen molar-refractivity contribution in [2.24, 2.45) is 0 Å². The summed E-state index contributed by atoms with van der Waals surface area (Å²) in [5.41, 5.74) is 0. The van der Waals surface area contributed by atoms with Crippen LogP contribution in [0.15, 0.2) is 0 Å². The molecule has 0 aromatic rings. The first-order valence-electron chi connectivity index (χ1n) is 4.57. The number of phosphoric acid groups is 2. The van der Waals surface area contributed by atoms with Gasteiger partial charge in [-0.1, -0.05) is 19.3 Å². The molecular formula is C6H14O7P2. The largest absolute Gasteiger partial charge is 0.481 e. The van der Waals surface area contributed by atoms with Crippen LogP contribution >= 0.6 is 15.6 Å². The summed E-state index contributed by atoms with van der Waals surface area (Å²) in [6.45, 7) is 0. The van der Waals surface area contributed by atoms with Gasteiger partial charge >= 0.3 is 15.6 Å². The molecular weight excluding hydrogens is 246 g/mol. The summed E-state index contributed by atoms with van der Waals surface area (Å²) in [6.07, 6.45) is 3.54. The molecule has 0 aliphatic heterocycles. The van der Waals surface area contributed by atoms with Crippen LogP contribution in [0.4, 0.5) is 0 Å². The Morgan fingerprint density at radius 1 is 1.00 bits per heavy atom. The maximum Gasteiger partial charge on any atom is 0.481 e. The average molecular weight is 260 g/mol. The Hall–Kier alpha value is 0.260. The minimum atomic E-state index is -4.99. The molecule has 0 radical (unpaired) electrons. The zero-order chi connectivity index (χ0) is 11.5. The highest BCUT2D eigenvalue weighted by Crippen LogP contribution is 2.58. The fourth-order valence-corrected chi connectivity index (χ4v) is 3.33. The second-order valence-electron chi connectivity index (χ2n) is 3.41. The summed E-state index contributed by atoms with van der Waals surface area (Å²) in [4.78, 5) is 25.7. The first-order chi connectivity index (χ1) is 6.79. The number of hydrogen-bond donors (Lipinski definition) is 3. The first kappa shape index (κ1) is 13.3. The second-order valence-corrected chi connectivity index (χ2v) is 6.19. The molecule has 7 nitrogen and oxygen atoms in total. The molecule has 1 atom stereocenters. The van der Waals surface area contributed by atoms with Crippen LogP contribution in [0.5, 0.6) is 0 Å². The lowest BCUT2D eigenvalue weighted by molar-refractivity contribution is 0.101. The lowest BCUT2D eigenvalue weighted by atomic mass is 9.98. The zero-order valence-electron chi connectivity index (χ0n) is 7.98. The van der Waals surface area contributed by atoms with Crippen molar-refractivity contribution >= 4 is 15.6 Å². The normalized spacial score (nSPS) is 23.7. The number of rotatable bonds is 4. The van der Waals surface area contributed by atoms with Crippen molar-refractivity contribution in [2.75, 3.05) is 0 Å². The average Bonchev–Trinajstić information content (AvgIpc) is 1.99. The molecule has 1 aliphatic carbocycles. The summed E-state index contributed by atoms with van der Waals surface area (Å²) >= 11 is 0. The molecule has 1 aliphatic rings. The van der Waals surface area contributed by atoms with Gasteiger partial charge in [-0.3, -0.25) is 4.52 Å². The van der Waals surface area contributed by atoms with Gasteiger partial charge in [0.1, 0.15) is 0 Å². The third-order valence-electron chi connectivity index (χ3n) is 2.04. The lowest BCUT2D eigenvalue weighted by Crippen LogP contribution is -2.15. The first-order valence-corrected chi connectivity index (χ1v) is 7.59. The Labute approximate surface area is 87.3 Å². The maximum atomic E-state index is 11.1. The van der Waals surface area contributed by atoms with Crippen molar-refractivity contribution in [3.63, 3.8) is 0 Å². The van der Waals surface area contributed by atoms with Crippen LogP contribution in [0.3, 0.4) is 0 Å². The van der Waals surface area contributed by atoms with Crippen LogP contribution in [-0.2, 0) is 18.0 Å². The Kier molecular flexibility index (Phi) is 4.50. The molecule has 0 aromatic heterocycles. The van der Waals surface area contributed by atoms with Crippen LogP contribution in [0.1, 0.15) is 32.1 Å². The molecule has 0 aromatic carbocycles. The number of hydrogen-bond acceptors (Lipinski definition) is 4. The maximum absolute atomic E-state index is 11.1. The topological polar surface area (TPSA) is 113 Å². The van der Waals surface area contributed by atoms with Crippen molar-refractivity contribution < 1.29 is 32.6 Å². The van der Waals surface area contributed by atoms with Crippen molar-refractivity contribution in [1.29, 1.82) is 0 Å². The van der Waals surface area contributed by atoms with Crippen LogP contribution in [0, 0.1) is 0 Å². The van der Waals surface area contributed by atoms with E-state index < -0.39 is 21.7 Å². The molecule has 0 spiro atoms. The van der Waals surface area contributed by atoms with Gasteiger partial charge < -0.3 is 14.7 Å². The highest BCUT2D eigenvalue weighted by molar-refractivity contribution is 7.60. The van der Waals surface area contributed by atoms with Crippen LogP contribution in [0.25, 0.3) is 0 Å². The lowest BCUT2D eigenvalue weighted by Gasteiger charge is -2.23. The van der Waals surface area contributed by atoms with Crippen LogP contribution < -0.4 is 0 Å². The fourth-order valence-electron chi connectivity index (χ4n) is 1.51. The zero-order valence-corrected chi connectivity index (χ0v) is 9.77. The minimum Gasteiger partial charge on any atom is -0.302 e. The highest BCUT2D eigenvalue weighted by atomic mass is 31.3. The van der Waals surface area contributed by atoms with E-state index in [9.17, 15) is 9.13 Å². The van der Waals surface area contributed by atoms with Gasteiger partial charge in [0.05, 0.1) is 6.10 Å². The SMILES string of the molecule is O=P(O)(O)OP(=O)(O)OC1CCCCC1. The monoisotopic (exact) mass is 260 g/mol. The second kappa shape index (κ2) is 5.06. The van der Waals surface area contributed by atoms with Gasteiger partial charge in [-0.25, -0.2) is 9.13 Å². The van der Waals surface area contributed by atoms with Gasteiger partial charge in [-0.05, 0) is 12.8 Å². The van der Waals surface area contributed by atoms with E-state index in [1.807, 2.05) is 0 Å². The van der Waals surface area contributed by atoms with Gasteiger partial charge in [-0.2, -0.15) is 4.31 Å². The molecule has 1 saturated carbocycles. The van der Waals surface area contributed by atoms with Gasteiger partial charge in [0, 0.05) is 0 Å². The number of phosphoric ester groups is 1. The highest BCUT2D eigenvalue weighted by Gasteiger charge is 2.35. The fraction of sp³-hybridized carbons (Fsp3) is 1.00. The molecule has 1 unspecified atom stereocenters. The van der Waals surface area contributed by atoms with E-state index in [4.69, 9.17) is 14.7 Å². The summed E-state index contributed by atoms with van der Waals surface area (Å²) in [5, 5.41) is 0. The predicted molar refractivity (Wildman–Crippen MR) is 50.9 cm³/mol. The van der Waals surface area contributed by atoms with Crippen molar-refractivity contribution in [1.82, 2.24) is 0 Å². The van der Waals surface area contributed by atoms with Gasteiger partial charge in [0.15, 0.2) is 0 Å². The van der Waals surface area contributed by atoms with Crippen molar-refractivity contribution in [3.8, 4) is 0 Å². The van der Waals surface area contributed by atoms with E-state index in [2.05, 4.69) is 8.83 Å². The third-order valence-corrected chi connectivity index (χ3v) is 4.28. The Balaban J connectivity index is 2.47. The molecule has 90 valence electrons. The summed E-state index contributed by atoms with van der Waals surface area (Å²) < 4.78 is 29.8. The molecule has 15 heavy (non-hydrogen) atoms. The van der Waals surface area contributed by atoms with E-state index in [0.29, 0.717) is 12.8 Å². The summed E-state index contributed by atoms with van der Waals surface area (Å²) in [7, 11) is -9.64. The molecule has 1 fully saturated rings. The molecule has 0 bridgehead atoms. The summed E-state index contributed by atoms with van der Waals surface area (Å²) in [5.74, 6) is 0. The van der Waals surface area contributed by atoms with E-state index in [0.717, 1.165) is 19.3 Å². The molecule has 1 rings (SSSR count).